The summed E-state index contributed by atoms with van der Waals surface area (Å²) >= 11 is 3.49. The molecule has 86 valence electrons. The van der Waals surface area contributed by atoms with Crippen LogP contribution in [-0.2, 0) is 11.3 Å². The van der Waals surface area contributed by atoms with E-state index < -0.39 is 0 Å². The van der Waals surface area contributed by atoms with Crippen molar-refractivity contribution in [3.63, 3.8) is 0 Å². The summed E-state index contributed by atoms with van der Waals surface area (Å²) in [6.07, 6.45) is 0. The molecule has 1 aliphatic heterocycles. The van der Waals surface area contributed by atoms with Crippen LogP contribution in [0.2, 0.25) is 0 Å². The summed E-state index contributed by atoms with van der Waals surface area (Å²) in [4.78, 5) is 11.5. The number of methoxy groups -OCH3 is 1. The molecular formula is C11H13BrN2O2. The first-order valence-electron chi connectivity index (χ1n) is 4.90. The Balaban J connectivity index is 2.49. The second kappa shape index (κ2) is 4.07. The molecule has 5 heteroatoms. The van der Waals surface area contributed by atoms with Crippen LogP contribution < -0.4 is 5.01 Å². The van der Waals surface area contributed by atoms with E-state index in [1.54, 1.807) is 6.07 Å². The molecule has 0 fully saturated rings. The van der Waals surface area contributed by atoms with E-state index in [2.05, 4.69) is 25.9 Å². The molecule has 1 aliphatic rings. The Labute approximate surface area is 103 Å². The maximum Gasteiger partial charge on any atom is 0.337 e. The topological polar surface area (TPSA) is 32.8 Å². The lowest BCUT2D eigenvalue weighted by Gasteiger charge is -2.22. The number of halogens is 1. The first kappa shape index (κ1) is 11.4. The van der Waals surface area contributed by atoms with Crippen LogP contribution in [0, 0.1) is 0 Å². The van der Waals surface area contributed by atoms with Crippen LogP contribution in [0.3, 0.4) is 0 Å². The van der Waals surface area contributed by atoms with Crippen molar-refractivity contribution in [2.75, 3.05) is 26.2 Å². The molecule has 1 heterocycles. The minimum atomic E-state index is -0.305. The van der Waals surface area contributed by atoms with Crippen molar-refractivity contribution in [1.29, 1.82) is 0 Å². The fraction of sp³-hybridized carbons (Fsp3) is 0.364. The molecule has 0 spiro atoms. The predicted octanol–water partition coefficient (Wildman–Crippen LogP) is 2.03. The fourth-order valence-corrected chi connectivity index (χ4v) is 2.66. The van der Waals surface area contributed by atoms with Crippen LogP contribution in [0.15, 0.2) is 16.6 Å². The standard InChI is InChI=1S/C11H13BrN2O2/c1-13-6-8-4-7(11(15)16-3)5-9(12)10(8)14(13)2/h4-5H,6H2,1-3H3. The molecule has 1 aromatic carbocycles. The van der Waals surface area contributed by atoms with Gasteiger partial charge in [-0.05, 0) is 33.6 Å². The average Bonchev–Trinajstić information content (AvgIpc) is 2.54. The molecule has 0 unspecified atom stereocenters. The number of nitrogens with zero attached hydrogens (tertiary/aromatic N) is 2. The molecule has 16 heavy (non-hydrogen) atoms. The van der Waals surface area contributed by atoms with Crippen molar-refractivity contribution < 1.29 is 9.53 Å². The Morgan fingerprint density at radius 3 is 2.75 bits per heavy atom. The van der Waals surface area contributed by atoms with Gasteiger partial charge in [-0.15, -0.1) is 0 Å². The smallest absolute Gasteiger partial charge is 0.337 e. The van der Waals surface area contributed by atoms with Gasteiger partial charge in [-0.25, -0.2) is 9.80 Å². The Bertz CT molecular complexity index is 448. The Kier molecular flexibility index (Phi) is 2.90. The lowest BCUT2D eigenvalue weighted by molar-refractivity contribution is 0.0600. The molecule has 0 aromatic heterocycles. The number of carbonyl (C=O) groups excluding carboxylic acids is 1. The number of esters is 1. The van der Waals surface area contributed by atoms with E-state index in [1.807, 2.05) is 20.2 Å². The van der Waals surface area contributed by atoms with Gasteiger partial charge in [-0.3, -0.25) is 0 Å². The van der Waals surface area contributed by atoms with Crippen molar-refractivity contribution in [3.05, 3.63) is 27.7 Å². The van der Waals surface area contributed by atoms with E-state index in [-0.39, 0.29) is 5.97 Å². The van der Waals surface area contributed by atoms with E-state index in [4.69, 9.17) is 4.74 Å². The summed E-state index contributed by atoms with van der Waals surface area (Å²) in [5, 5.41) is 4.14. The van der Waals surface area contributed by atoms with Crippen LogP contribution in [0.4, 0.5) is 5.69 Å². The lowest BCUT2D eigenvalue weighted by atomic mass is 10.1. The lowest BCUT2D eigenvalue weighted by Crippen LogP contribution is -2.29. The summed E-state index contributed by atoms with van der Waals surface area (Å²) in [5.41, 5.74) is 2.81. The number of rotatable bonds is 1. The maximum absolute atomic E-state index is 11.5. The van der Waals surface area contributed by atoms with Gasteiger partial charge in [0.05, 0.1) is 18.4 Å². The summed E-state index contributed by atoms with van der Waals surface area (Å²) in [6.45, 7) is 0.801. The molecule has 0 atom stereocenters. The van der Waals surface area contributed by atoms with Gasteiger partial charge in [0.25, 0.3) is 0 Å². The molecule has 0 radical (unpaired) electrons. The third-order valence-electron chi connectivity index (χ3n) is 2.80. The molecule has 2 rings (SSSR count). The fourth-order valence-electron chi connectivity index (χ4n) is 1.90. The third-order valence-corrected chi connectivity index (χ3v) is 3.40. The highest BCUT2D eigenvalue weighted by molar-refractivity contribution is 9.10. The number of hydrogen-bond donors (Lipinski definition) is 0. The Morgan fingerprint density at radius 2 is 2.12 bits per heavy atom. The van der Waals surface area contributed by atoms with Crippen molar-refractivity contribution in [2.24, 2.45) is 0 Å². The molecule has 0 aliphatic carbocycles. The number of benzene rings is 1. The molecule has 0 bridgehead atoms. The quantitative estimate of drug-likeness (QED) is 0.739. The van der Waals surface area contributed by atoms with Gasteiger partial charge in [0.15, 0.2) is 0 Å². The number of anilines is 1. The van der Waals surface area contributed by atoms with Crippen molar-refractivity contribution in [2.45, 2.75) is 6.54 Å². The highest BCUT2D eigenvalue weighted by Gasteiger charge is 2.25. The van der Waals surface area contributed by atoms with Gasteiger partial charge in [0.2, 0.25) is 0 Å². The van der Waals surface area contributed by atoms with E-state index >= 15 is 0 Å². The van der Waals surface area contributed by atoms with Crippen LogP contribution in [0.5, 0.6) is 0 Å². The van der Waals surface area contributed by atoms with Crippen molar-refractivity contribution >= 4 is 27.6 Å². The Hall–Kier alpha value is -1.07. The second-order valence-electron chi connectivity index (χ2n) is 3.80. The average molecular weight is 285 g/mol. The minimum absolute atomic E-state index is 0.305. The van der Waals surface area contributed by atoms with Gasteiger partial charge in [0.1, 0.15) is 0 Å². The zero-order valence-electron chi connectivity index (χ0n) is 9.45. The molecule has 0 amide bonds. The SMILES string of the molecule is COC(=O)c1cc(Br)c2c(c1)CN(C)N2C. The molecule has 1 aromatic rings. The van der Waals surface area contributed by atoms with Gasteiger partial charge in [0, 0.05) is 25.1 Å². The number of carbonyl (C=O) groups is 1. The molecule has 0 N–H and O–H groups in total. The van der Waals surface area contributed by atoms with Crippen LogP contribution in [-0.4, -0.2) is 32.2 Å². The maximum atomic E-state index is 11.5. The summed E-state index contributed by atoms with van der Waals surface area (Å²) in [6, 6.07) is 3.67. The normalized spacial score (nSPS) is 15.1. The zero-order chi connectivity index (χ0) is 11.9. The number of hydrazine groups is 1. The zero-order valence-corrected chi connectivity index (χ0v) is 11.0. The van der Waals surface area contributed by atoms with E-state index in [9.17, 15) is 4.79 Å². The number of hydrogen-bond acceptors (Lipinski definition) is 4. The summed E-state index contributed by atoms with van der Waals surface area (Å²) in [7, 11) is 5.39. The predicted molar refractivity (Wildman–Crippen MR) is 65.4 cm³/mol. The molecule has 4 nitrogen and oxygen atoms in total. The second-order valence-corrected chi connectivity index (χ2v) is 4.65. The first-order chi connectivity index (χ1) is 7.54. The van der Waals surface area contributed by atoms with E-state index in [0.29, 0.717) is 5.56 Å². The monoisotopic (exact) mass is 284 g/mol. The summed E-state index contributed by atoms with van der Waals surface area (Å²) < 4.78 is 5.63. The minimum Gasteiger partial charge on any atom is -0.465 e. The largest absolute Gasteiger partial charge is 0.465 e. The highest BCUT2D eigenvalue weighted by Crippen LogP contribution is 2.37. The van der Waals surface area contributed by atoms with Crippen LogP contribution in [0.1, 0.15) is 15.9 Å². The van der Waals surface area contributed by atoms with Gasteiger partial charge in [-0.1, -0.05) is 0 Å². The summed E-state index contributed by atoms with van der Waals surface area (Å²) in [5.74, 6) is -0.305. The first-order valence-corrected chi connectivity index (χ1v) is 5.69. The van der Waals surface area contributed by atoms with Crippen LogP contribution >= 0.6 is 15.9 Å². The van der Waals surface area contributed by atoms with Gasteiger partial charge < -0.3 is 9.75 Å². The van der Waals surface area contributed by atoms with E-state index in [1.165, 1.54) is 7.11 Å². The van der Waals surface area contributed by atoms with Gasteiger partial charge >= 0.3 is 5.97 Å². The number of fused-ring (bicyclic) bond motifs is 1. The van der Waals surface area contributed by atoms with Crippen molar-refractivity contribution in [3.8, 4) is 0 Å². The third kappa shape index (κ3) is 1.70. The van der Waals surface area contributed by atoms with Crippen molar-refractivity contribution in [1.82, 2.24) is 5.01 Å². The van der Waals surface area contributed by atoms with E-state index in [0.717, 1.165) is 22.3 Å². The Morgan fingerprint density at radius 1 is 1.44 bits per heavy atom. The molecule has 0 saturated carbocycles. The molecule has 0 saturated heterocycles. The van der Waals surface area contributed by atoms with Gasteiger partial charge in [-0.2, -0.15) is 0 Å². The highest BCUT2D eigenvalue weighted by atomic mass is 79.9. The van der Waals surface area contributed by atoms with Crippen LogP contribution in [0.25, 0.3) is 0 Å². The number of ether oxygens (including phenoxy) is 1. The molecular weight excluding hydrogens is 272 g/mol.